The van der Waals surface area contributed by atoms with E-state index in [9.17, 15) is 14.8 Å². The topological polar surface area (TPSA) is 109 Å². The molecular weight excluding hydrogens is 490 g/mol. The van der Waals surface area contributed by atoms with E-state index in [2.05, 4.69) is 28.4 Å². The minimum Gasteiger partial charge on any atom is -0.448 e. The first-order valence-corrected chi connectivity index (χ1v) is 13.9. The Morgan fingerprint density at radius 1 is 1.27 bits per heavy atom. The van der Waals surface area contributed by atoms with Crippen molar-refractivity contribution in [1.29, 1.82) is 5.26 Å². The van der Waals surface area contributed by atoms with Gasteiger partial charge in [-0.1, -0.05) is 24.1 Å². The van der Waals surface area contributed by atoms with Gasteiger partial charge in [0.25, 0.3) is 5.91 Å². The lowest BCUT2D eigenvalue weighted by Crippen LogP contribution is -2.51. The summed E-state index contributed by atoms with van der Waals surface area (Å²) in [7, 11) is 2.05. The van der Waals surface area contributed by atoms with Crippen molar-refractivity contribution in [2.75, 3.05) is 52.1 Å². The number of nitrogens with zero attached hydrogens (tertiary/aromatic N) is 4. The number of nitriles is 1. The van der Waals surface area contributed by atoms with Crippen LogP contribution in [0.2, 0.25) is 0 Å². The zero-order valence-corrected chi connectivity index (χ0v) is 22.6. The Hall–Kier alpha value is -2.58. The van der Waals surface area contributed by atoms with Gasteiger partial charge in [0.05, 0.1) is 17.0 Å². The number of hydroxylamine groups is 1. The number of amides is 2. The second-order valence-corrected chi connectivity index (χ2v) is 11.4. The largest absolute Gasteiger partial charge is 0.448 e. The second-order valence-electron chi connectivity index (χ2n) is 10.3. The monoisotopic (exact) mass is 527 g/mol. The SMILES string of the molecule is Cc1cc(C#N)ccc1C1=CCN(SCC2(C(=O)NO)CCN(C(=O)OCC3CCCN3C)CC2)CC1. The number of piperidine rings is 1. The van der Waals surface area contributed by atoms with E-state index >= 15 is 0 Å². The first-order chi connectivity index (χ1) is 17.8. The molecule has 2 saturated heterocycles. The van der Waals surface area contributed by atoms with Gasteiger partial charge in [0.1, 0.15) is 6.61 Å². The third kappa shape index (κ3) is 6.47. The molecule has 0 saturated carbocycles. The van der Waals surface area contributed by atoms with E-state index < -0.39 is 5.41 Å². The molecule has 9 nitrogen and oxygen atoms in total. The molecule has 4 rings (SSSR count). The fourth-order valence-electron chi connectivity index (χ4n) is 5.44. The zero-order chi connectivity index (χ0) is 26.4. The van der Waals surface area contributed by atoms with Gasteiger partial charge >= 0.3 is 6.09 Å². The molecule has 0 aromatic heterocycles. The molecule has 1 aromatic carbocycles. The van der Waals surface area contributed by atoms with Gasteiger partial charge in [-0.3, -0.25) is 10.0 Å². The van der Waals surface area contributed by atoms with Crippen LogP contribution in [0.4, 0.5) is 4.79 Å². The van der Waals surface area contributed by atoms with Crippen molar-refractivity contribution in [3.05, 3.63) is 41.0 Å². The number of likely N-dealkylation sites (tertiary alicyclic amines) is 2. The molecule has 3 aliphatic rings. The Bertz CT molecular complexity index is 1060. The second kappa shape index (κ2) is 12.3. The summed E-state index contributed by atoms with van der Waals surface area (Å²) in [6, 6.07) is 8.27. The Morgan fingerprint density at radius 2 is 2.05 bits per heavy atom. The standard InChI is InChI=1S/C27H37N5O4S/c1-20-16-21(17-28)5-6-24(20)22-7-12-32(13-8-22)37-19-27(25(33)29-35)9-14-31(15-10-27)26(34)36-18-23-4-3-11-30(23)2/h5-7,16,23,35H,3-4,8-15,18-19H2,1-2H3,(H,29,33). The van der Waals surface area contributed by atoms with Gasteiger partial charge in [0.15, 0.2) is 0 Å². The summed E-state index contributed by atoms with van der Waals surface area (Å²) in [4.78, 5) is 29.3. The number of nitrogens with one attached hydrogen (secondary N) is 1. The molecule has 3 heterocycles. The number of carbonyl (C=O) groups excluding carboxylic acids is 2. The van der Waals surface area contributed by atoms with Gasteiger partial charge < -0.3 is 14.5 Å². The summed E-state index contributed by atoms with van der Waals surface area (Å²) in [5, 5.41) is 18.6. The van der Waals surface area contributed by atoms with Gasteiger partial charge in [-0.25, -0.2) is 14.6 Å². The highest BCUT2D eigenvalue weighted by molar-refractivity contribution is 7.97. The number of likely N-dealkylation sites (N-methyl/N-ethyl adjacent to an activating group) is 1. The van der Waals surface area contributed by atoms with Crippen molar-refractivity contribution in [3.63, 3.8) is 0 Å². The predicted molar refractivity (Wildman–Crippen MR) is 143 cm³/mol. The molecule has 1 unspecified atom stereocenters. The van der Waals surface area contributed by atoms with E-state index in [4.69, 9.17) is 10.00 Å². The summed E-state index contributed by atoms with van der Waals surface area (Å²) in [5.41, 5.74) is 5.36. The number of carbonyl (C=O) groups is 2. The van der Waals surface area contributed by atoms with Crippen LogP contribution >= 0.6 is 11.9 Å². The smallest absolute Gasteiger partial charge is 0.409 e. The lowest BCUT2D eigenvalue weighted by molar-refractivity contribution is -0.141. The highest BCUT2D eigenvalue weighted by atomic mass is 32.2. The molecule has 2 N–H and O–H groups in total. The van der Waals surface area contributed by atoms with E-state index in [1.54, 1.807) is 16.8 Å². The van der Waals surface area contributed by atoms with Crippen LogP contribution < -0.4 is 5.48 Å². The molecule has 10 heteroatoms. The average molecular weight is 528 g/mol. The maximum Gasteiger partial charge on any atom is 0.409 e. The van der Waals surface area contributed by atoms with Crippen LogP contribution in [0.5, 0.6) is 0 Å². The molecule has 0 aliphatic carbocycles. The van der Waals surface area contributed by atoms with Crippen LogP contribution in [0.15, 0.2) is 24.3 Å². The fraction of sp³-hybridized carbons (Fsp3) is 0.593. The Labute approximate surface area is 223 Å². The highest BCUT2D eigenvalue weighted by Crippen LogP contribution is 2.38. The van der Waals surface area contributed by atoms with Crippen molar-refractivity contribution in [3.8, 4) is 6.07 Å². The van der Waals surface area contributed by atoms with Gasteiger partial charge in [0.2, 0.25) is 0 Å². The van der Waals surface area contributed by atoms with Crippen molar-refractivity contribution in [2.45, 2.75) is 45.1 Å². The van der Waals surface area contributed by atoms with Crippen LogP contribution in [-0.4, -0.2) is 89.5 Å². The first kappa shape index (κ1) is 27.5. The minimum atomic E-state index is -0.741. The van der Waals surface area contributed by atoms with Crippen LogP contribution in [-0.2, 0) is 9.53 Å². The Morgan fingerprint density at radius 3 is 2.65 bits per heavy atom. The van der Waals surface area contributed by atoms with Gasteiger partial charge in [0, 0.05) is 38.0 Å². The fourth-order valence-corrected chi connectivity index (χ4v) is 6.69. The molecule has 2 fully saturated rings. The molecule has 0 bridgehead atoms. The molecule has 0 radical (unpaired) electrons. The van der Waals surface area contributed by atoms with E-state index in [-0.39, 0.29) is 18.0 Å². The van der Waals surface area contributed by atoms with Crippen molar-refractivity contribution < 1.29 is 19.5 Å². The lowest BCUT2D eigenvalue weighted by Gasteiger charge is -2.40. The maximum absolute atomic E-state index is 12.7. The number of aryl methyl sites for hydroxylation is 1. The molecule has 1 atom stereocenters. The summed E-state index contributed by atoms with van der Waals surface area (Å²) in [6.07, 6.45) is 5.90. The zero-order valence-electron chi connectivity index (χ0n) is 21.7. The van der Waals surface area contributed by atoms with Crippen molar-refractivity contribution in [2.24, 2.45) is 5.41 Å². The van der Waals surface area contributed by atoms with Crippen LogP contribution in [0.1, 0.15) is 48.8 Å². The maximum atomic E-state index is 12.7. The lowest BCUT2D eigenvalue weighted by atomic mass is 9.79. The Balaban J connectivity index is 1.29. The summed E-state index contributed by atoms with van der Waals surface area (Å²) in [5.74, 6) is 0.149. The predicted octanol–water partition coefficient (Wildman–Crippen LogP) is 3.42. The average Bonchev–Trinajstić information content (AvgIpc) is 3.35. The number of hydrogen-bond acceptors (Lipinski definition) is 8. The summed E-state index contributed by atoms with van der Waals surface area (Å²) >= 11 is 1.62. The number of hydrogen-bond donors (Lipinski definition) is 2. The molecule has 200 valence electrons. The number of ether oxygens (including phenoxy) is 1. The molecule has 1 aromatic rings. The Kier molecular flexibility index (Phi) is 9.13. The number of rotatable bonds is 7. The quantitative estimate of drug-likeness (QED) is 0.315. The normalized spacial score (nSPS) is 22.3. The van der Waals surface area contributed by atoms with Gasteiger partial charge in [-0.15, -0.1) is 0 Å². The van der Waals surface area contributed by atoms with E-state index in [1.807, 2.05) is 30.6 Å². The third-order valence-corrected chi connectivity index (χ3v) is 9.41. The van der Waals surface area contributed by atoms with Crippen LogP contribution in [0.3, 0.4) is 0 Å². The first-order valence-electron chi connectivity index (χ1n) is 13.0. The van der Waals surface area contributed by atoms with E-state index in [0.29, 0.717) is 43.9 Å². The third-order valence-electron chi connectivity index (χ3n) is 8.03. The molecular formula is C27H37N5O4S. The van der Waals surface area contributed by atoms with Crippen molar-refractivity contribution >= 4 is 29.5 Å². The van der Waals surface area contributed by atoms with E-state index in [0.717, 1.165) is 44.5 Å². The van der Waals surface area contributed by atoms with Gasteiger partial charge in [-0.05, 0) is 81.5 Å². The van der Waals surface area contributed by atoms with Crippen molar-refractivity contribution in [1.82, 2.24) is 19.6 Å². The minimum absolute atomic E-state index is 0.282. The molecule has 37 heavy (non-hydrogen) atoms. The van der Waals surface area contributed by atoms with E-state index in [1.165, 1.54) is 11.1 Å². The molecule has 0 spiro atoms. The summed E-state index contributed by atoms with van der Waals surface area (Å²) in [6.45, 7) is 5.92. The molecule has 2 amide bonds. The van der Waals surface area contributed by atoms with Crippen LogP contribution in [0, 0.1) is 23.7 Å². The van der Waals surface area contributed by atoms with Gasteiger partial charge in [-0.2, -0.15) is 5.26 Å². The molecule has 3 aliphatic heterocycles. The number of benzene rings is 1. The summed E-state index contributed by atoms with van der Waals surface area (Å²) < 4.78 is 7.82. The highest BCUT2D eigenvalue weighted by Gasteiger charge is 2.43. The van der Waals surface area contributed by atoms with Crippen LogP contribution in [0.25, 0.3) is 5.57 Å².